The molecule has 4 nitrogen and oxygen atoms in total. The van der Waals surface area contributed by atoms with Crippen molar-refractivity contribution in [1.29, 1.82) is 0 Å². The van der Waals surface area contributed by atoms with Gasteiger partial charge in [0.15, 0.2) is 5.58 Å². The van der Waals surface area contributed by atoms with E-state index in [1.165, 1.54) is 6.07 Å². The van der Waals surface area contributed by atoms with Gasteiger partial charge in [-0.25, -0.2) is 4.79 Å². The minimum Gasteiger partial charge on any atom is -0.421 e. The zero-order chi connectivity index (χ0) is 15.7. The fourth-order valence-corrected chi connectivity index (χ4v) is 2.32. The molecule has 0 spiro atoms. The van der Waals surface area contributed by atoms with Gasteiger partial charge in [-0.1, -0.05) is 41.4 Å². The lowest BCUT2D eigenvalue weighted by molar-refractivity contribution is 0.102. The molecule has 0 bridgehead atoms. The number of halogens is 1. The summed E-state index contributed by atoms with van der Waals surface area (Å²) < 4.78 is 5.15. The molecule has 0 radical (unpaired) electrons. The summed E-state index contributed by atoms with van der Waals surface area (Å²) in [4.78, 5) is 24.2. The first-order valence-electron chi connectivity index (χ1n) is 6.65. The van der Waals surface area contributed by atoms with Gasteiger partial charge < -0.3 is 9.73 Å². The summed E-state index contributed by atoms with van der Waals surface area (Å²) in [7, 11) is 0. The van der Waals surface area contributed by atoms with Crippen LogP contribution in [0.4, 0.5) is 5.69 Å². The Hall–Kier alpha value is -2.59. The van der Waals surface area contributed by atoms with Crippen LogP contribution in [0.3, 0.4) is 0 Å². The van der Waals surface area contributed by atoms with Crippen LogP contribution in [0.15, 0.2) is 57.7 Å². The van der Waals surface area contributed by atoms with Gasteiger partial charge >= 0.3 is 5.63 Å². The number of anilines is 1. The Bertz CT molecular complexity index is 913. The van der Waals surface area contributed by atoms with E-state index in [9.17, 15) is 9.59 Å². The van der Waals surface area contributed by atoms with Crippen LogP contribution in [0.2, 0.25) is 5.02 Å². The van der Waals surface area contributed by atoms with Gasteiger partial charge in [-0.05, 0) is 31.2 Å². The fraction of sp³-hybridized carbons (Fsp3) is 0.0588. The maximum atomic E-state index is 12.2. The van der Waals surface area contributed by atoms with E-state index in [1.54, 1.807) is 30.3 Å². The molecule has 22 heavy (non-hydrogen) atoms. The van der Waals surface area contributed by atoms with E-state index in [0.717, 1.165) is 5.56 Å². The van der Waals surface area contributed by atoms with Crippen LogP contribution in [0.25, 0.3) is 11.0 Å². The van der Waals surface area contributed by atoms with Gasteiger partial charge in [0.05, 0.1) is 5.02 Å². The minimum atomic E-state index is -0.717. The Morgan fingerprint density at radius 3 is 2.59 bits per heavy atom. The van der Waals surface area contributed by atoms with Gasteiger partial charge in [0, 0.05) is 11.1 Å². The van der Waals surface area contributed by atoms with E-state index in [4.69, 9.17) is 16.0 Å². The summed E-state index contributed by atoms with van der Waals surface area (Å²) in [5, 5.41) is 3.61. The molecule has 1 aromatic heterocycles. The summed E-state index contributed by atoms with van der Waals surface area (Å²) in [5.41, 5.74) is 1.20. The second kappa shape index (κ2) is 5.66. The molecule has 2 aromatic carbocycles. The first kappa shape index (κ1) is 14.4. The summed E-state index contributed by atoms with van der Waals surface area (Å²) in [6.45, 7) is 1.95. The molecule has 0 unspecified atom stereocenters. The molecule has 0 saturated carbocycles. The summed E-state index contributed by atoms with van der Waals surface area (Å²) in [5.74, 6) is -0.514. The normalized spacial score (nSPS) is 10.6. The van der Waals surface area contributed by atoms with Crippen molar-refractivity contribution in [3.63, 3.8) is 0 Å². The number of carbonyl (C=O) groups is 1. The highest BCUT2D eigenvalue weighted by atomic mass is 35.5. The van der Waals surface area contributed by atoms with Crippen molar-refractivity contribution in [2.45, 2.75) is 6.92 Å². The van der Waals surface area contributed by atoms with Gasteiger partial charge in [-0.15, -0.1) is 0 Å². The third-order valence-electron chi connectivity index (χ3n) is 3.27. The van der Waals surface area contributed by atoms with Gasteiger partial charge in [0.2, 0.25) is 0 Å². The molecule has 110 valence electrons. The second-order valence-electron chi connectivity index (χ2n) is 4.93. The molecular formula is C17H12ClNO3. The highest BCUT2D eigenvalue weighted by Crippen LogP contribution is 2.22. The second-order valence-corrected chi connectivity index (χ2v) is 5.33. The molecule has 1 heterocycles. The lowest BCUT2D eigenvalue weighted by Crippen LogP contribution is -2.20. The first-order valence-corrected chi connectivity index (χ1v) is 7.03. The number of rotatable bonds is 2. The average molecular weight is 314 g/mol. The van der Waals surface area contributed by atoms with E-state index in [0.29, 0.717) is 16.1 Å². The van der Waals surface area contributed by atoms with Crippen molar-refractivity contribution < 1.29 is 9.21 Å². The topological polar surface area (TPSA) is 59.3 Å². The molecule has 0 fully saturated rings. The van der Waals surface area contributed by atoms with E-state index in [2.05, 4.69) is 5.32 Å². The van der Waals surface area contributed by atoms with E-state index in [-0.39, 0.29) is 11.1 Å². The van der Waals surface area contributed by atoms with Crippen LogP contribution in [-0.2, 0) is 0 Å². The van der Waals surface area contributed by atoms with E-state index >= 15 is 0 Å². The van der Waals surface area contributed by atoms with Crippen molar-refractivity contribution in [1.82, 2.24) is 0 Å². The maximum Gasteiger partial charge on any atom is 0.349 e. The van der Waals surface area contributed by atoms with E-state index < -0.39 is 11.5 Å². The van der Waals surface area contributed by atoms with Crippen LogP contribution in [0, 0.1) is 6.92 Å². The van der Waals surface area contributed by atoms with Crippen molar-refractivity contribution in [2.24, 2.45) is 0 Å². The Morgan fingerprint density at radius 2 is 1.86 bits per heavy atom. The number of carbonyl (C=O) groups excluding carboxylic acids is 1. The van der Waals surface area contributed by atoms with E-state index in [1.807, 2.05) is 19.1 Å². The number of aryl methyl sites for hydroxylation is 1. The molecule has 3 aromatic rings. The molecule has 0 aliphatic heterocycles. The molecule has 1 amide bonds. The van der Waals surface area contributed by atoms with Crippen LogP contribution >= 0.6 is 11.6 Å². The van der Waals surface area contributed by atoms with Crippen LogP contribution < -0.4 is 10.9 Å². The predicted octanol–water partition coefficient (Wildman–Crippen LogP) is 4.01. The van der Waals surface area contributed by atoms with Gasteiger partial charge in [-0.2, -0.15) is 0 Å². The monoisotopic (exact) mass is 313 g/mol. The first-order chi connectivity index (χ1) is 10.5. The number of para-hydroxylation sites is 1. The molecule has 3 rings (SSSR count). The summed E-state index contributed by atoms with van der Waals surface area (Å²) >= 11 is 5.97. The molecule has 0 atom stereocenters. The zero-order valence-corrected chi connectivity index (χ0v) is 12.5. The predicted molar refractivity (Wildman–Crippen MR) is 86.6 cm³/mol. The third kappa shape index (κ3) is 2.73. The maximum absolute atomic E-state index is 12.2. The Balaban J connectivity index is 1.99. The third-order valence-corrected chi connectivity index (χ3v) is 3.56. The zero-order valence-electron chi connectivity index (χ0n) is 11.7. The van der Waals surface area contributed by atoms with Crippen molar-refractivity contribution >= 4 is 34.2 Å². The van der Waals surface area contributed by atoms with Crippen molar-refractivity contribution in [3.05, 3.63) is 75.1 Å². The molecular weight excluding hydrogens is 302 g/mol. The number of hydrogen-bond donors (Lipinski definition) is 1. The standard InChI is InChI=1S/C17H12ClNO3/c1-10-5-7-12(8-6-10)19-16(20)13-9-11-3-2-4-14(18)15(11)22-17(13)21/h2-9H,1H3,(H,19,20). The molecule has 1 N–H and O–H groups in total. The summed E-state index contributed by atoms with van der Waals surface area (Å²) in [6.07, 6.45) is 0. The summed E-state index contributed by atoms with van der Waals surface area (Å²) in [6, 6.07) is 13.9. The molecule has 0 saturated heterocycles. The van der Waals surface area contributed by atoms with Crippen LogP contribution in [-0.4, -0.2) is 5.91 Å². The Labute approximate surface area is 131 Å². The minimum absolute atomic E-state index is 0.0599. The average Bonchev–Trinajstić information content (AvgIpc) is 2.50. The number of amides is 1. The largest absolute Gasteiger partial charge is 0.421 e. The van der Waals surface area contributed by atoms with Gasteiger partial charge in [0.25, 0.3) is 5.91 Å². The van der Waals surface area contributed by atoms with Crippen LogP contribution in [0.1, 0.15) is 15.9 Å². The Kier molecular flexibility index (Phi) is 3.69. The lowest BCUT2D eigenvalue weighted by Gasteiger charge is -2.06. The Morgan fingerprint density at radius 1 is 1.14 bits per heavy atom. The fourth-order valence-electron chi connectivity index (χ4n) is 2.10. The van der Waals surface area contributed by atoms with Crippen molar-refractivity contribution in [3.8, 4) is 0 Å². The smallest absolute Gasteiger partial charge is 0.349 e. The quantitative estimate of drug-likeness (QED) is 0.727. The highest BCUT2D eigenvalue weighted by Gasteiger charge is 2.15. The number of nitrogens with one attached hydrogen (secondary N) is 1. The van der Waals surface area contributed by atoms with Gasteiger partial charge in [0.1, 0.15) is 5.56 Å². The molecule has 0 aliphatic carbocycles. The van der Waals surface area contributed by atoms with Gasteiger partial charge in [-0.3, -0.25) is 4.79 Å². The van der Waals surface area contributed by atoms with Crippen molar-refractivity contribution in [2.75, 3.05) is 5.32 Å². The SMILES string of the molecule is Cc1ccc(NC(=O)c2cc3cccc(Cl)c3oc2=O)cc1. The number of benzene rings is 2. The number of hydrogen-bond acceptors (Lipinski definition) is 3. The van der Waals surface area contributed by atoms with Crippen LogP contribution in [0.5, 0.6) is 0 Å². The molecule has 0 aliphatic rings. The highest BCUT2D eigenvalue weighted by molar-refractivity contribution is 6.34. The lowest BCUT2D eigenvalue weighted by atomic mass is 10.1. The number of fused-ring (bicyclic) bond motifs is 1. The molecule has 5 heteroatoms.